The Morgan fingerprint density at radius 3 is 2.62 bits per heavy atom. The van der Waals surface area contributed by atoms with E-state index in [2.05, 4.69) is 17.0 Å². The molecule has 1 aliphatic heterocycles. The Morgan fingerprint density at radius 1 is 1.29 bits per heavy atom. The first-order valence-corrected chi connectivity index (χ1v) is 7.33. The molecule has 2 amide bonds. The van der Waals surface area contributed by atoms with E-state index in [1.54, 1.807) is 0 Å². The molecule has 0 aliphatic carbocycles. The fourth-order valence-corrected chi connectivity index (χ4v) is 2.70. The first kappa shape index (κ1) is 15.4. The zero-order valence-corrected chi connectivity index (χ0v) is 12.5. The lowest BCUT2D eigenvalue weighted by Crippen LogP contribution is -2.48. The van der Waals surface area contributed by atoms with E-state index in [0.717, 1.165) is 31.4 Å². The Morgan fingerprint density at radius 2 is 2.00 bits per heavy atom. The molecule has 0 bridgehead atoms. The largest absolute Gasteiger partial charge is 0.453 e. The molecule has 0 aromatic heterocycles. The second kappa shape index (κ2) is 7.11. The second-order valence-electron chi connectivity index (χ2n) is 5.36. The van der Waals surface area contributed by atoms with Crippen LogP contribution in [0.15, 0.2) is 30.3 Å². The van der Waals surface area contributed by atoms with Crippen molar-refractivity contribution in [3.8, 4) is 0 Å². The minimum Gasteiger partial charge on any atom is -0.453 e. The zero-order valence-electron chi connectivity index (χ0n) is 12.5. The molecule has 1 heterocycles. The Bertz CT molecular complexity index is 490. The van der Waals surface area contributed by atoms with Gasteiger partial charge in [0.1, 0.15) is 6.04 Å². The molecule has 5 heteroatoms. The monoisotopic (exact) mass is 290 g/mol. The molecule has 2 atom stereocenters. The van der Waals surface area contributed by atoms with Gasteiger partial charge in [0.25, 0.3) is 0 Å². The summed E-state index contributed by atoms with van der Waals surface area (Å²) in [6, 6.07) is 8.78. The van der Waals surface area contributed by atoms with E-state index in [-0.39, 0.29) is 11.9 Å². The van der Waals surface area contributed by atoms with Crippen LogP contribution in [0, 0.1) is 0 Å². The number of alkyl carbamates (subject to hydrolysis) is 1. The number of hydrogen-bond acceptors (Lipinski definition) is 3. The molecular weight excluding hydrogens is 268 g/mol. The van der Waals surface area contributed by atoms with Crippen molar-refractivity contribution in [2.75, 3.05) is 13.7 Å². The summed E-state index contributed by atoms with van der Waals surface area (Å²) in [6.07, 6.45) is 2.56. The predicted octanol–water partition coefficient (Wildman–Crippen LogP) is 2.48. The number of carbonyl (C=O) groups is 2. The van der Waals surface area contributed by atoms with E-state index in [1.807, 2.05) is 35.2 Å². The van der Waals surface area contributed by atoms with Gasteiger partial charge < -0.3 is 15.0 Å². The average molecular weight is 290 g/mol. The lowest BCUT2D eigenvalue weighted by Gasteiger charge is -2.36. The van der Waals surface area contributed by atoms with Crippen molar-refractivity contribution in [1.29, 1.82) is 0 Å². The quantitative estimate of drug-likeness (QED) is 0.930. The van der Waals surface area contributed by atoms with Crippen LogP contribution in [0.4, 0.5) is 4.79 Å². The van der Waals surface area contributed by atoms with Crippen molar-refractivity contribution in [2.24, 2.45) is 0 Å². The van der Waals surface area contributed by atoms with Crippen LogP contribution in [0.2, 0.25) is 0 Å². The molecule has 2 rings (SSSR count). The van der Waals surface area contributed by atoms with Gasteiger partial charge in [-0.25, -0.2) is 4.79 Å². The molecule has 0 saturated carbocycles. The molecular formula is C16H22N2O3. The Balaban J connectivity index is 2.21. The van der Waals surface area contributed by atoms with E-state index in [1.165, 1.54) is 7.11 Å². The summed E-state index contributed by atoms with van der Waals surface area (Å²) in [5.74, 6) is -0.0706. The van der Waals surface area contributed by atoms with Crippen LogP contribution in [0.1, 0.15) is 37.8 Å². The number of benzene rings is 1. The number of rotatable bonds is 3. The van der Waals surface area contributed by atoms with Gasteiger partial charge in [-0.05, 0) is 31.7 Å². The highest BCUT2D eigenvalue weighted by molar-refractivity contribution is 5.87. The van der Waals surface area contributed by atoms with Crippen LogP contribution in [0.5, 0.6) is 0 Å². The third kappa shape index (κ3) is 3.74. The maximum atomic E-state index is 12.8. The van der Waals surface area contributed by atoms with Gasteiger partial charge >= 0.3 is 6.09 Å². The maximum Gasteiger partial charge on any atom is 0.407 e. The summed E-state index contributed by atoms with van der Waals surface area (Å²) in [7, 11) is 1.30. The number of nitrogens with zero attached hydrogens (tertiary/aromatic N) is 1. The van der Waals surface area contributed by atoms with E-state index < -0.39 is 12.1 Å². The highest BCUT2D eigenvalue weighted by Crippen LogP contribution is 2.22. The van der Waals surface area contributed by atoms with Gasteiger partial charge in [0.15, 0.2) is 0 Å². The number of amides is 2. The molecule has 114 valence electrons. The molecule has 0 spiro atoms. The van der Waals surface area contributed by atoms with Crippen molar-refractivity contribution in [1.82, 2.24) is 10.2 Å². The predicted molar refractivity (Wildman–Crippen MR) is 79.7 cm³/mol. The van der Waals surface area contributed by atoms with E-state index in [9.17, 15) is 9.59 Å². The third-order valence-corrected chi connectivity index (χ3v) is 3.91. The van der Waals surface area contributed by atoms with Crippen LogP contribution in [0.3, 0.4) is 0 Å². The van der Waals surface area contributed by atoms with E-state index in [0.29, 0.717) is 0 Å². The molecule has 1 aromatic rings. The SMILES string of the molecule is COC(=O)NC(C(=O)N1CCCCC1C)c1ccccc1. The lowest BCUT2D eigenvalue weighted by molar-refractivity contribution is -0.136. The Labute approximate surface area is 125 Å². The molecule has 2 unspecified atom stereocenters. The van der Waals surface area contributed by atoms with Gasteiger partial charge in [0.05, 0.1) is 7.11 Å². The van der Waals surface area contributed by atoms with Crippen LogP contribution in [-0.2, 0) is 9.53 Å². The Hall–Kier alpha value is -2.04. The number of carbonyl (C=O) groups excluding carboxylic acids is 2. The van der Waals surface area contributed by atoms with Crippen molar-refractivity contribution in [3.63, 3.8) is 0 Å². The molecule has 1 aliphatic rings. The molecule has 0 radical (unpaired) electrons. The lowest BCUT2D eigenvalue weighted by atomic mass is 10.00. The minimum atomic E-state index is -0.695. The number of methoxy groups -OCH3 is 1. The van der Waals surface area contributed by atoms with Gasteiger partial charge in [-0.3, -0.25) is 4.79 Å². The first-order valence-electron chi connectivity index (χ1n) is 7.33. The second-order valence-corrected chi connectivity index (χ2v) is 5.36. The summed E-state index contributed by atoms with van der Waals surface area (Å²) in [5, 5.41) is 2.65. The number of likely N-dealkylation sites (tertiary alicyclic amines) is 1. The fourth-order valence-electron chi connectivity index (χ4n) is 2.70. The smallest absolute Gasteiger partial charge is 0.407 e. The first-order chi connectivity index (χ1) is 10.1. The topological polar surface area (TPSA) is 58.6 Å². The van der Waals surface area contributed by atoms with Crippen LogP contribution in [0.25, 0.3) is 0 Å². The summed E-state index contributed by atoms with van der Waals surface area (Å²) in [4.78, 5) is 26.2. The molecule has 5 nitrogen and oxygen atoms in total. The highest BCUT2D eigenvalue weighted by Gasteiger charge is 2.31. The van der Waals surface area contributed by atoms with E-state index >= 15 is 0 Å². The van der Waals surface area contributed by atoms with Crippen molar-refractivity contribution >= 4 is 12.0 Å². The number of ether oxygens (including phenoxy) is 1. The van der Waals surface area contributed by atoms with Gasteiger partial charge in [-0.15, -0.1) is 0 Å². The van der Waals surface area contributed by atoms with Crippen molar-refractivity contribution < 1.29 is 14.3 Å². The minimum absolute atomic E-state index is 0.0706. The molecule has 1 aromatic carbocycles. The van der Waals surface area contributed by atoms with Crippen molar-refractivity contribution in [3.05, 3.63) is 35.9 Å². The fraction of sp³-hybridized carbons (Fsp3) is 0.500. The van der Waals surface area contributed by atoms with Crippen LogP contribution < -0.4 is 5.32 Å². The summed E-state index contributed by atoms with van der Waals surface area (Å²) < 4.78 is 4.65. The van der Waals surface area contributed by atoms with Gasteiger partial charge in [-0.2, -0.15) is 0 Å². The van der Waals surface area contributed by atoms with Crippen LogP contribution >= 0.6 is 0 Å². The van der Waals surface area contributed by atoms with Gasteiger partial charge in [0, 0.05) is 12.6 Å². The number of hydrogen-bond donors (Lipinski definition) is 1. The average Bonchev–Trinajstić information content (AvgIpc) is 2.53. The maximum absolute atomic E-state index is 12.8. The van der Waals surface area contributed by atoms with Gasteiger partial charge in [-0.1, -0.05) is 30.3 Å². The normalized spacial score (nSPS) is 19.7. The number of nitrogens with one attached hydrogen (secondary N) is 1. The molecule has 1 saturated heterocycles. The summed E-state index contributed by atoms with van der Waals surface area (Å²) >= 11 is 0. The molecule has 21 heavy (non-hydrogen) atoms. The van der Waals surface area contributed by atoms with E-state index in [4.69, 9.17) is 0 Å². The highest BCUT2D eigenvalue weighted by atomic mass is 16.5. The third-order valence-electron chi connectivity index (χ3n) is 3.91. The Kier molecular flexibility index (Phi) is 5.20. The van der Waals surface area contributed by atoms with Gasteiger partial charge in [0.2, 0.25) is 5.91 Å². The van der Waals surface area contributed by atoms with Crippen molar-refractivity contribution in [2.45, 2.75) is 38.3 Å². The summed E-state index contributed by atoms with van der Waals surface area (Å²) in [6.45, 7) is 2.80. The molecule has 1 N–H and O–H groups in total. The van der Waals surface area contributed by atoms with Crippen LogP contribution in [-0.4, -0.2) is 36.6 Å². The summed E-state index contributed by atoms with van der Waals surface area (Å²) in [5.41, 5.74) is 0.769. The number of piperidine rings is 1. The standard InChI is InChI=1S/C16H22N2O3/c1-12-8-6-7-11-18(12)15(19)14(17-16(20)21-2)13-9-4-3-5-10-13/h3-5,9-10,12,14H,6-8,11H2,1-2H3,(H,17,20). The zero-order chi connectivity index (χ0) is 15.2. The molecule has 1 fully saturated rings.